The molecule has 2 fully saturated rings. The smallest absolute Gasteiger partial charge is 0.303 e. The van der Waals surface area contributed by atoms with Crippen molar-refractivity contribution < 1.29 is 14.7 Å². The van der Waals surface area contributed by atoms with Crippen LogP contribution in [0.2, 0.25) is 0 Å². The van der Waals surface area contributed by atoms with Crippen LogP contribution in [0.1, 0.15) is 57.8 Å². The number of hydrogen-bond donors (Lipinski definition) is 3. The quantitative estimate of drug-likeness (QED) is 0.698. The second kappa shape index (κ2) is 7.25. The third-order valence-corrected chi connectivity index (χ3v) is 5.38. The van der Waals surface area contributed by atoms with Gasteiger partial charge in [-0.3, -0.25) is 9.59 Å². The van der Waals surface area contributed by atoms with Gasteiger partial charge in [-0.05, 0) is 43.6 Å². The Morgan fingerprint density at radius 3 is 2.48 bits per heavy atom. The number of carboxylic acid groups (broad SMARTS) is 1. The van der Waals surface area contributed by atoms with E-state index in [-0.39, 0.29) is 23.7 Å². The molecule has 0 bridgehead atoms. The predicted molar refractivity (Wildman–Crippen MR) is 80.7 cm³/mol. The lowest BCUT2D eigenvalue weighted by molar-refractivity contribution is -0.141. The highest BCUT2D eigenvalue weighted by Gasteiger charge is 2.37. The summed E-state index contributed by atoms with van der Waals surface area (Å²) in [5.74, 6) is -0.350. The van der Waals surface area contributed by atoms with Crippen LogP contribution in [0.4, 0.5) is 0 Å². The average molecular weight is 296 g/mol. The summed E-state index contributed by atoms with van der Waals surface area (Å²) in [6.45, 7) is 1.07. The molecular weight excluding hydrogens is 268 g/mol. The first-order chi connectivity index (χ1) is 10.1. The van der Waals surface area contributed by atoms with Gasteiger partial charge in [0.25, 0.3) is 0 Å². The number of nitrogens with one attached hydrogen (secondary N) is 1. The summed E-state index contributed by atoms with van der Waals surface area (Å²) in [7, 11) is 0. The SMILES string of the molecule is NCC1CCCC1C(=O)NCC1(CC(=O)O)CCCCC1. The van der Waals surface area contributed by atoms with Crippen molar-refractivity contribution in [1.82, 2.24) is 5.32 Å². The van der Waals surface area contributed by atoms with Gasteiger partial charge < -0.3 is 16.2 Å². The van der Waals surface area contributed by atoms with Crippen LogP contribution < -0.4 is 11.1 Å². The molecule has 0 spiro atoms. The lowest BCUT2D eigenvalue weighted by Crippen LogP contribution is -2.43. The van der Waals surface area contributed by atoms with Gasteiger partial charge in [-0.25, -0.2) is 0 Å². The molecule has 5 nitrogen and oxygen atoms in total. The van der Waals surface area contributed by atoms with Crippen molar-refractivity contribution in [1.29, 1.82) is 0 Å². The topological polar surface area (TPSA) is 92.4 Å². The van der Waals surface area contributed by atoms with Gasteiger partial charge in [-0.2, -0.15) is 0 Å². The minimum absolute atomic E-state index is 0.0282. The van der Waals surface area contributed by atoms with Crippen LogP contribution in [0.5, 0.6) is 0 Å². The van der Waals surface area contributed by atoms with Gasteiger partial charge in [0, 0.05) is 12.5 Å². The zero-order valence-corrected chi connectivity index (χ0v) is 12.8. The summed E-state index contributed by atoms with van der Waals surface area (Å²) in [6, 6.07) is 0. The molecule has 0 aromatic carbocycles. The summed E-state index contributed by atoms with van der Waals surface area (Å²) in [6.07, 6.45) is 8.31. The molecule has 0 aliphatic heterocycles. The fourth-order valence-corrected chi connectivity index (χ4v) is 4.11. The van der Waals surface area contributed by atoms with E-state index in [9.17, 15) is 9.59 Å². The van der Waals surface area contributed by atoms with Crippen molar-refractivity contribution in [2.75, 3.05) is 13.1 Å². The largest absolute Gasteiger partial charge is 0.481 e. The molecule has 5 heteroatoms. The maximum absolute atomic E-state index is 12.4. The van der Waals surface area contributed by atoms with Gasteiger partial charge in [-0.1, -0.05) is 25.7 Å². The van der Waals surface area contributed by atoms with Gasteiger partial charge in [0.15, 0.2) is 0 Å². The standard InChI is InChI=1S/C16H28N2O3/c17-10-12-5-4-6-13(12)15(21)18-11-16(9-14(19)20)7-2-1-3-8-16/h12-13H,1-11,17H2,(H,18,21)(H,19,20). The van der Waals surface area contributed by atoms with Gasteiger partial charge >= 0.3 is 5.97 Å². The monoisotopic (exact) mass is 296 g/mol. The van der Waals surface area contributed by atoms with Crippen molar-refractivity contribution in [2.24, 2.45) is 23.0 Å². The summed E-state index contributed by atoms with van der Waals surface area (Å²) < 4.78 is 0. The molecule has 2 aliphatic carbocycles. The second-order valence-electron chi connectivity index (χ2n) is 6.88. The van der Waals surface area contributed by atoms with Crippen LogP contribution in [-0.2, 0) is 9.59 Å². The number of carboxylic acids is 1. The normalized spacial score (nSPS) is 28.2. The summed E-state index contributed by atoms with van der Waals surface area (Å²) >= 11 is 0. The second-order valence-corrected chi connectivity index (χ2v) is 6.88. The lowest BCUT2D eigenvalue weighted by atomic mass is 9.71. The Kier molecular flexibility index (Phi) is 5.62. The van der Waals surface area contributed by atoms with Crippen LogP contribution >= 0.6 is 0 Å². The van der Waals surface area contributed by atoms with Crippen LogP contribution in [0, 0.1) is 17.3 Å². The van der Waals surface area contributed by atoms with Gasteiger partial charge in [0.2, 0.25) is 5.91 Å². The Morgan fingerprint density at radius 2 is 1.86 bits per heavy atom. The first-order valence-electron chi connectivity index (χ1n) is 8.26. The summed E-state index contributed by atoms with van der Waals surface area (Å²) in [5.41, 5.74) is 5.50. The van der Waals surface area contributed by atoms with Crippen LogP contribution in [0.25, 0.3) is 0 Å². The van der Waals surface area contributed by atoms with E-state index in [0.717, 1.165) is 44.9 Å². The van der Waals surface area contributed by atoms with E-state index in [1.165, 1.54) is 6.42 Å². The molecule has 2 atom stereocenters. The van der Waals surface area contributed by atoms with Crippen LogP contribution in [-0.4, -0.2) is 30.1 Å². The number of carbonyl (C=O) groups excluding carboxylic acids is 1. The van der Waals surface area contributed by atoms with E-state index in [1.54, 1.807) is 0 Å². The Labute approximate surface area is 126 Å². The minimum atomic E-state index is -0.758. The van der Waals surface area contributed by atoms with E-state index >= 15 is 0 Å². The lowest BCUT2D eigenvalue weighted by Gasteiger charge is -2.36. The molecule has 0 aromatic heterocycles. The van der Waals surface area contributed by atoms with E-state index in [1.807, 2.05) is 0 Å². The molecule has 21 heavy (non-hydrogen) atoms. The Hall–Kier alpha value is -1.10. The molecule has 2 saturated carbocycles. The van der Waals surface area contributed by atoms with E-state index in [0.29, 0.717) is 19.0 Å². The third-order valence-electron chi connectivity index (χ3n) is 5.38. The summed E-state index contributed by atoms with van der Waals surface area (Å²) in [4.78, 5) is 23.5. The van der Waals surface area contributed by atoms with Crippen LogP contribution in [0.3, 0.4) is 0 Å². The Morgan fingerprint density at radius 1 is 1.14 bits per heavy atom. The molecule has 0 saturated heterocycles. The molecule has 1 amide bonds. The molecule has 120 valence electrons. The first kappa shape index (κ1) is 16.3. The summed E-state index contributed by atoms with van der Waals surface area (Å²) in [5, 5.41) is 12.2. The zero-order valence-electron chi connectivity index (χ0n) is 12.8. The van der Waals surface area contributed by atoms with E-state index in [4.69, 9.17) is 10.8 Å². The first-order valence-corrected chi connectivity index (χ1v) is 8.26. The van der Waals surface area contributed by atoms with Crippen molar-refractivity contribution in [2.45, 2.75) is 57.8 Å². The number of aliphatic carboxylic acids is 1. The highest BCUT2D eigenvalue weighted by Crippen LogP contribution is 2.39. The number of nitrogens with two attached hydrogens (primary N) is 1. The highest BCUT2D eigenvalue weighted by atomic mass is 16.4. The molecule has 2 rings (SSSR count). The predicted octanol–water partition coefficient (Wildman–Crippen LogP) is 1.90. The Balaban J connectivity index is 1.91. The number of carbonyl (C=O) groups is 2. The molecule has 0 heterocycles. The van der Waals surface area contributed by atoms with Crippen LogP contribution in [0.15, 0.2) is 0 Å². The van der Waals surface area contributed by atoms with E-state index < -0.39 is 5.97 Å². The van der Waals surface area contributed by atoms with Crippen molar-refractivity contribution in [3.8, 4) is 0 Å². The third kappa shape index (κ3) is 4.19. The fourth-order valence-electron chi connectivity index (χ4n) is 4.11. The minimum Gasteiger partial charge on any atom is -0.481 e. The molecule has 0 radical (unpaired) electrons. The molecule has 2 unspecified atom stereocenters. The number of amides is 1. The average Bonchev–Trinajstić information content (AvgIpc) is 2.93. The van der Waals surface area contributed by atoms with Crippen molar-refractivity contribution >= 4 is 11.9 Å². The molecule has 2 aliphatic rings. The van der Waals surface area contributed by atoms with Gasteiger partial charge in [0.1, 0.15) is 0 Å². The van der Waals surface area contributed by atoms with Gasteiger partial charge in [-0.15, -0.1) is 0 Å². The van der Waals surface area contributed by atoms with E-state index in [2.05, 4.69) is 5.32 Å². The van der Waals surface area contributed by atoms with Crippen molar-refractivity contribution in [3.63, 3.8) is 0 Å². The number of hydrogen-bond acceptors (Lipinski definition) is 3. The highest BCUT2D eigenvalue weighted by molar-refractivity contribution is 5.79. The molecular formula is C16H28N2O3. The maximum Gasteiger partial charge on any atom is 0.303 e. The maximum atomic E-state index is 12.4. The molecule has 4 N–H and O–H groups in total. The fraction of sp³-hybridized carbons (Fsp3) is 0.875. The zero-order chi connectivity index (χ0) is 15.3. The molecule has 0 aromatic rings. The van der Waals surface area contributed by atoms with Gasteiger partial charge in [0.05, 0.1) is 6.42 Å². The number of rotatable bonds is 6. The Bertz CT molecular complexity index is 378. The van der Waals surface area contributed by atoms with Crippen molar-refractivity contribution in [3.05, 3.63) is 0 Å².